The summed E-state index contributed by atoms with van der Waals surface area (Å²) in [5, 5.41) is 0. The minimum Gasteiger partial charge on any atom is -0.444 e. The number of likely N-dealkylation sites (tertiary alicyclic amines) is 1. The van der Waals surface area contributed by atoms with Gasteiger partial charge >= 0.3 is 6.09 Å². The van der Waals surface area contributed by atoms with Crippen LogP contribution in [0.4, 0.5) is 19.3 Å². The van der Waals surface area contributed by atoms with Crippen LogP contribution in [0.5, 0.6) is 0 Å². The molecule has 0 bridgehead atoms. The molecule has 0 aromatic heterocycles. The molecule has 22 heavy (non-hydrogen) atoms. The van der Waals surface area contributed by atoms with Crippen molar-refractivity contribution < 1.29 is 18.3 Å². The third-order valence-electron chi connectivity index (χ3n) is 3.73. The molecule has 1 heterocycles. The first-order chi connectivity index (χ1) is 10.2. The Bertz CT molecular complexity index is 562. The number of rotatable bonds is 1. The van der Waals surface area contributed by atoms with Gasteiger partial charge in [0.05, 0.1) is 5.69 Å². The number of hydrogen-bond donors (Lipinski definition) is 1. The molecule has 1 aromatic carbocycles. The van der Waals surface area contributed by atoms with Crippen LogP contribution in [-0.2, 0) is 4.74 Å². The zero-order chi connectivity index (χ0) is 16.5. The molecule has 1 amide bonds. The molecule has 122 valence electrons. The third kappa shape index (κ3) is 3.67. The summed E-state index contributed by atoms with van der Waals surface area (Å²) in [5.74, 6) is -1.99. The van der Waals surface area contributed by atoms with E-state index < -0.39 is 17.2 Å². The Hall–Kier alpha value is -1.85. The second-order valence-electron chi connectivity index (χ2n) is 6.61. The van der Waals surface area contributed by atoms with Gasteiger partial charge in [-0.1, -0.05) is 6.07 Å². The lowest BCUT2D eigenvalue weighted by Crippen LogP contribution is -2.41. The number of carbonyl (C=O) groups is 1. The van der Waals surface area contributed by atoms with Crippen molar-refractivity contribution in [3.8, 4) is 0 Å². The fourth-order valence-electron chi connectivity index (χ4n) is 2.59. The highest BCUT2D eigenvalue weighted by Gasteiger charge is 2.29. The van der Waals surface area contributed by atoms with E-state index in [0.717, 1.165) is 0 Å². The standard InChI is InChI=1S/C16H22F2N2O2/c1-16(2,3)22-15(21)20-8-6-10(7-9-20)11-4-5-12(19)14(18)13(11)17/h4-5,10H,6-9,19H2,1-3H3. The number of hydrogen-bond acceptors (Lipinski definition) is 3. The van der Waals surface area contributed by atoms with Crippen LogP contribution in [0, 0.1) is 11.6 Å². The molecule has 2 rings (SSSR count). The topological polar surface area (TPSA) is 55.6 Å². The Kier molecular flexibility index (Phi) is 4.58. The van der Waals surface area contributed by atoms with Crippen LogP contribution in [0.2, 0.25) is 0 Å². The SMILES string of the molecule is CC(C)(C)OC(=O)N1CCC(c2ccc(N)c(F)c2F)CC1. The first kappa shape index (κ1) is 16.5. The summed E-state index contributed by atoms with van der Waals surface area (Å²) >= 11 is 0. The van der Waals surface area contributed by atoms with E-state index in [1.807, 2.05) is 20.8 Å². The predicted octanol–water partition coefficient (Wildman–Crippen LogP) is 3.66. The Labute approximate surface area is 129 Å². The quantitative estimate of drug-likeness (QED) is 0.805. The highest BCUT2D eigenvalue weighted by Crippen LogP contribution is 2.32. The van der Waals surface area contributed by atoms with E-state index in [1.54, 1.807) is 4.90 Å². The average molecular weight is 312 g/mol. The number of ether oxygens (including phenoxy) is 1. The Morgan fingerprint density at radius 2 is 1.82 bits per heavy atom. The van der Waals surface area contributed by atoms with Crippen molar-refractivity contribution in [1.82, 2.24) is 4.90 Å². The number of nitrogen functional groups attached to an aromatic ring is 1. The molecule has 0 aliphatic carbocycles. The second-order valence-corrected chi connectivity index (χ2v) is 6.61. The van der Waals surface area contributed by atoms with Gasteiger partial charge in [0.25, 0.3) is 0 Å². The van der Waals surface area contributed by atoms with Crippen LogP contribution in [0.3, 0.4) is 0 Å². The summed E-state index contributed by atoms with van der Waals surface area (Å²) in [6.45, 7) is 6.36. The molecule has 2 N–H and O–H groups in total. The number of piperidine rings is 1. The summed E-state index contributed by atoms with van der Waals surface area (Å²) in [6.07, 6.45) is 0.772. The minimum atomic E-state index is -0.993. The molecule has 4 nitrogen and oxygen atoms in total. The number of carbonyl (C=O) groups excluding carboxylic acids is 1. The van der Waals surface area contributed by atoms with Gasteiger partial charge in [0.15, 0.2) is 11.6 Å². The third-order valence-corrected chi connectivity index (χ3v) is 3.73. The van der Waals surface area contributed by atoms with Crippen LogP contribution in [-0.4, -0.2) is 29.7 Å². The van der Waals surface area contributed by atoms with Crippen LogP contribution in [0.25, 0.3) is 0 Å². The number of halogens is 2. The number of nitrogens with zero attached hydrogens (tertiary/aromatic N) is 1. The zero-order valence-electron chi connectivity index (χ0n) is 13.2. The highest BCUT2D eigenvalue weighted by atomic mass is 19.2. The van der Waals surface area contributed by atoms with Gasteiger partial charge in [-0.2, -0.15) is 0 Å². The molecule has 1 saturated heterocycles. The van der Waals surface area contributed by atoms with Gasteiger partial charge in [-0.05, 0) is 51.2 Å². The lowest BCUT2D eigenvalue weighted by molar-refractivity contribution is 0.0204. The van der Waals surface area contributed by atoms with E-state index in [0.29, 0.717) is 31.5 Å². The lowest BCUT2D eigenvalue weighted by atomic mass is 9.89. The van der Waals surface area contributed by atoms with Gasteiger partial charge in [0.1, 0.15) is 5.60 Å². The van der Waals surface area contributed by atoms with Crippen molar-refractivity contribution in [2.24, 2.45) is 0 Å². The van der Waals surface area contributed by atoms with E-state index in [9.17, 15) is 13.6 Å². The number of benzene rings is 1. The Balaban J connectivity index is 2.01. The molecule has 0 radical (unpaired) electrons. The predicted molar refractivity (Wildman–Crippen MR) is 80.6 cm³/mol. The van der Waals surface area contributed by atoms with Gasteiger partial charge in [0, 0.05) is 13.1 Å². The van der Waals surface area contributed by atoms with Crippen molar-refractivity contribution in [3.05, 3.63) is 29.3 Å². The van der Waals surface area contributed by atoms with Gasteiger partial charge in [0.2, 0.25) is 0 Å². The number of amides is 1. The summed E-state index contributed by atoms with van der Waals surface area (Å²) in [5.41, 5.74) is 4.96. The van der Waals surface area contributed by atoms with Crippen LogP contribution in [0.15, 0.2) is 12.1 Å². The maximum absolute atomic E-state index is 14.0. The maximum Gasteiger partial charge on any atom is 0.410 e. The smallest absolute Gasteiger partial charge is 0.410 e. The second kappa shape index (κ2) is 6.10. The normalized spacial score (nSPS) is 16.7. The van der Waals surface area contributed by atoms with Crippen LogP contribution in [0.1, 0.15) is 45.1 Å². The largest absolute Gasteiger partial charge is 0.444 e. The molecule has 1 fully saturated rings. The first-order valence-electron chi connectivity index (χ1n) is 7.40. The summed E-state index contributed by atoms with van der Waals surface area (Å²) < 4.78 is 32.8. The molecule has 0 atom stereocenters. The molecule has 1 aliphatic rings. The zero-order valence-corrected chi connectivity index (χ0v) is 13.2. The Morgan fingerprint density at radius 1 is 1.23 bits per heavy atom. The summed E-state index contributed by atoms with van der Waals surface area (Å²) in [6, 6.07) is 2.91. The van der Waals surface area contributed by atoms with E-state index in [1.165, 1.54) is 12.1 Å². The van der Waals surface area contributed by atoms with Crippen LogP contribution >= 0.6 is 0 Å². The first-order valence-corrected chi connectivity index (χ1v) is 7.40. The summed E-state index contributed by atoms with van der Waals surface area (Å²) in [7, 11) is 0. The van der Waals surface area contributed by atoms with Crippen molar-refractivity contribution in [2.45, 2.75) is 45.1 Å². The molecule has 6 heteroatoms. The minimum absolute atomic E-state index is 0.117. The van der Waals surface area contributed by atoms with E-state index >= 15 is 0 Å². The number of anilines is 1. The average Bonchev–Trinajstić information content (AvgIpc) is 2.43. The van der Waals surface area contributed by atoms with Gasteiger partial charge in [-0.15, -0.1) is 0 Å². The fraction of sp³-hybridized carbons (Fsp3) is 0.562. The maximum atomic E-state index is 14.0. The van der Waals surface area contributed by atoms with E-state index in [2.05, 4.69) is 0 Å². The van der Waals surface area contributed by atoms with Crippen molar-refractivity contribution >= 4 is 11.8 Å². The van der Waals surface area contributed by atoms with Crippen molar-refractivity contribution in [3.63, 3.8) is 0 Å². The molecule has 0 spiro atoms. The van der Waals surface area contributed by atoms with Gasteiger partial charge in [-0.3, -0.25) is 0 Å². The Morgan fingerprint density at radius 3 is 2.36 bits per heavy atom. The van der Waals surface area contributed by atoms with Crippen LogP contribution < -0.4 is 5.73 Å². The highest BCUT2D eigenvalue weighted by molar-refractivity contribution is 5.68. The molecule has 0 unspecified atom stereocenters. The number of nitrogens with two attached hydrogens (primary N) is 1. The van der Waals surface area contributed by atoms with Crippen molar-refractivity contribution in [1.29, 1.82) is 0 Å². The molecule has 1 aromatic rings. The molecule has 0 saturated carbocycles. The van der Waals surface area contributed by atoms with E-state index in [-0.39, 0.29) is 17.7 Å². The monoisotopic (exact) mass is 312 g/mol. The fourth-order valence-corrected chi connectivity index (χ4v) is 2.59. The van der Waals surface area contributed by atoms with Crippen molar-refractivity contribution in [2.75, 3.05) is 18.8 Å². The van der Waals surface area contributed by atoms with E-state index in [4.69, 9.17) is 10.5 Å². The summed E-state index contributed by atoms with van der Waals surface area (Å²) in [4.78, 5) is 13.6. The molecular formula is C16H22F2N2O2. The lowest BCUT2D eigenvalue weighted by Gasteiger charge is -2.33. The molecular weight excluding hydrogens is 290 g/mol. The molecule has 1 aliphatic heterocycles. The van der Waals surface area contributed by atoms with Gasteiger partial charge < -0.3 is 15.4 Å². The van der Waals surface area contributed by atoms with Gasteiger partial charge in [-0.25, -0.2) is 13.6 Å².